The number of methoxy groups -OCH3 is 1. The molecule has 4 rings (SSSR count). The van der Waals surface area contributed by atoms with Crippen molar-refractivity contribution >= 4 is 5.91 Å². The van der Waals surface area contributed by atoms with Gasteiger partial charge in [0.25, 0.3) is 0 Å². The van der Waals surface area contributed by atoms with Gasteiger partial charge in [0.15, 0.2) is 11.5 Å². The topological polar surface area (TPSA) is 59.0 Å². The Morgan fingerprint density at radius 3 is 2.68 bits per heavy atom. The van der Waals surface area contributed by atoms with E-state index in [-0.39, 0.29) is 23.2 Å². The van der Waals surface area contributed by atoms with Gasteiger partial charge in [0.2, 0.25) is 5.91 Å². The average molecular weight is 460 g/mol. The van der Waals surface area contributed by atoms with Gasteiger partial charge in [-0.3, -0.25) is 4.79 Å². The Labute approximate surface area is 202 Å². The van der Waals surface area contributed by atoms with Crippen molar-refractivity contribution < 1.29 is 19.4 Å². The third-order valence-corrected chi connectivity index (χ3v) is 7.03. The fourth-order valence-electron chi connectivity index (χ4n) is 5.05. The zero-order chi connectivity index (χ0) is 24.1. The highest BCUT2D eigenvalue weighted by Crippen LogP contribution is 2.46. The second kappa shape index (κ2) is 10.2. The highest BCUT2D eigenvalue weighted by Gasteiger charge is 2.44. The van der Waals surface area contributed by atoms with E-state index in [2.05, 4.69) is 37.8 Å². The summed E-state index contributed by atoms with van der Waals surface area (Å²) < 4.78 is 11.8. The maximum Gasteiger partial charge on any atom is 0.250 e. The Morgan fingerprint density at radius 2 is 2.00 bits per heavy atom. The molecule has 5 nitrogen and oxygen atoms in total. The third-order valence-electron chi connectivity index (χ3n) is 7.03. The lowest BCUT2D eigenvalue weighted by Gasteiger charge is -2.47. The summed E-state index contributed by atoms with van der Waals surface area (Å²) in [6.07, 6.45) is 13.6. The van der Waals surface area contributed by atoms with Crippen LogP contribution in [0, 0.1) is 0 Å². The monoisotopic (exact) mass is 459 g/mol. The van der Waals surface area contributed by atoms with Crippen LogP contribution in [0.2, 0.25) is 0 Å². The first-order chi connectivity index (χ1) is 16.5. The minimum absolute atomic E-state index is 0.0198. The van der Waals surface area contributed by atoms with E-state index in [0.29, 0.717) is 30.8 Å². The van der Waals surface area contributed by atoms with Gasteiger partial charge in [-0.05, 0) is 49.1 Å². The van der Waals surface area contributed by atoms with Crippen LogP contribution < -0.4 is 0 Å². The average Bonchev–Trinajstić information content (AvgIpc) is 3.06. The van der Waals surface area contributed by atoms with E-state index in [1.165, 1.54) is 24.3 Å². The molecule has 1 amide bonds. The molecule has 1 aromatic carbocycles. The van der Waals surface area contributed by atoms with Crippen molar-refractivity contribution in [1.29, 1.82) is 0 Å². The van der Waals surface area contributed by atoms with E-state index in [4.69, 9.17) is 9.47 Å². The molecular weight excluding hydrogens is 426 g/mol. The first-order valence-electron chi connectivity index (χ1n) is 11.8. The molecule has 1 aliphatic carbocycles. The molecule has 1 N–H and O–H groups in total. The van der Waals surface area contributed by atoms with E-state index >= 15 is 0 Å². The van der Waals surface area contributed by atoms with Gasteiger partial charge in [-0.1, -0.05) is 55.1 Å². The molecule has 34 heavy (non-hydrogen) atoms. The number of hydrogen-bond donors (Lipinski definition) is 1. The van der Waals surface area contributed by atoms with Crippen molar-refractivity contribution in [2.75, 3.05) is 20.2 Å². The molecule has 1 aromatic rings. The normalized spacial score (nSPS) is 22.5. The smallest absolute Gasteiger partial charge is 0.250 e. The predicted molar refractivity (Wildman–Crippen MR) is 134 cm³/mol. The van der Waals surface area contributed by atoms with Crippen LogP contribution >= 0.6 is 0 Å². The van der Waals surface area contributed by atoms with Gasteiger partial charge in [0, 0.05) is 37.4 Å². The summed E-state index contributed by atoms with van der Waals surface area (Å²) in [5, 5.41) is 10.2. The van der Waals surface area contributed by atoms with Crippen LogP contribution in [0.3, 0.4) is 0 Å². The van der Waals surface area contributed by atoms with Crippen LogP contribution in [0.4, 0.5) is 0 Å². The van der Waals surface area contributed by atoms with Crippen LogP contribution in [0.1, 0.15) is 44.1 Å². The molecule has 1 saturated heterocycles. The number of carbonyl (C=O) groups is 1. The summed E-state index contributed by atoms with van der Waals surface area (Å²) >= 11 is 0. The fraction of sp³-hybridized carbons (Fsp3) is 0.345. The van der Waals surface area contributed by atoms with Crippen molar-refractivity contribution in [2.24, 2.45) is 0 Å². The summed E-state index contributed by atoms with van der Waals surface area (Å²) in [7, 11) is 1.50. The number of allylic oxidation sites excluding steroid dienone is 7. The molecule has 1 fully saturated rings. The highest BCUT2D eigenvalue weighted by molar-refractivity contribution is 5.94. The number of aliphatic hydroxyl groups is 1. The lowest BCUT2D eigenvalue weighted by Crippen LogP contribution is -2.50. The summed E-state index contributed by atoms with van der Waals surface area (Å²) in [4.78, 5) is 15.1. The van der Waals surface area contributed by atoms with E-state index < -0.39 is 0 Å². The van der Waals surface area contributed by atoms with Crippen molar-refractivity contribution in [1.82, 2.24) is 4.90 Å². The Kier molecular flexibility index (Phi) is 7.11. The molecule has 0 saturated carbocycles. The summed E-state index contributed by atoms with van der Waals surface area (Å²) in [6, 6.07) is 10.6. The van der Waals surface area contributed by atoms with Crippen molar-refractivity contribution in [3.8, 4) is 0 Å². The molecule has 1 atom stereocenters. The molecule has 178 valence electrons. The number of ether oxygens (including phenoxy) is 2. The molecule has 2 heterocycles. The Morgan fingerprint density at radius 1 is 1.26 bits per heavy atom. The molecule has 0 radical (unpaired) electrons. The second-order valence-electron chi connectivity index (χ2n) is 9.12. The van der Waals surface area contributed by atoms with Gasteiger partial charge < -0.3 is 19.5 Å². The largest absolute Gasteiger partial charge is 0.504 e. The van der Waals surface area contributed by atoms with Crippen molar-refractivity contribution in [3.63, 3.8) is 0 Å². The molecule has 0 aromatic heterocycles. The Balaban J connectivity index is 1.53. The number of likely N-dealkylation sites (tertiary alicyclic amines) is 1. The number of rotatable bonds is 5. The highest BCUT2D eigenvalue weighted by atomic mass is 16.5. The van der Waals surface area contributed by atoms with Gasteiger partial charge in [0.05, 0.1) is 7.11 Å². The first kappa shape index (κ1) is 23.7. The van der Waals surface area contributed by atoms with Gasteiger partial charge in [-0.2, -0.15) is 0 Å². The summed E-state index contributed by atoms with van der Waals surface area (Å²) in [5.74, 6) is 1.47. The molecule has 1 spiro atoms. The molecule has 0 bridgehead atoms. The minimum Gasteiger partial charge on any atom is -0.504 e. The van der Waals surface area contributed by atoms with Crippen LogP contribution in [0.25, 0.3) is 0 Å². The standard InChI is InChI=1S/C29H33NO4/c1-4-5-13-26-21(2)24(22-10-7-6-8-11-22)20-29(34-26)15-17-30(18-16-29)28(32)23-12-9-14-27(33-3)25(31)19-23/h4-11,13-14,19,24,31H,1,12,15-18,20H2,2-3H3/b13-5-. The molecule has 1 unspecified atom stereocenters. The lowest BCUT2D eigenvalue weighted by atomic mass is 9.75. The van der Waals surface area contributed by atoms with E-state index in [1.807, 2.05) is 29.2 Å². The fourth-order valence-corrected chi connectivity index (χ4v) is 5.05. The SMILES string of the molecule is C=C/C=C\C1=C(C)C(c2ccccc2)CC2(CCN(C(=O)C3=CC(O)=C(OC)C=CC3)CC2)O1. The maximum atomic E-state index is 13.2. The summed E-state index contributed by atoms with van der Waals surface area (Å²) in [5.41, 5.74) is 2.76. The van der Waals surface area contributed by atoms with Crippen LogP contribution in [0.5, 0.6) is 0 Å². The maximum absolute atomic E-state index is 13.2. The molecule has 2 aliphatic heterocycles. The number of hydrogen-bond acceptors (Lipinski definition) is 4. The van der Waals surface area contributed by atoms with Crippen LogP contribution in [-0.2, 0) is 14.3 Å². The first-order valence-corrected chi connectivity index (χ1v) is 11.8. The zero-order valence-electron chi connectivity index (χ0n) is 20.0. The second-order valence-corrected chi connectivity index (χ2v) is 9.12. The van der Waals surface area contributed by atoms with Crippen molar-refractivity contribution in [2.45, 2.75) is 44.1 Å². The third kappa shape index (κ3) is 4.89. The van der Waals surface area contributed by atoms with E-state index in [1.54, 1.807) is 12.2 Å². The lowest BCUT2D eigenvalue weighted by molar-refractivity contribution is -0.133. The quantitative estimate of drug-likeness (QED) is 0.560. The summed E-state index contributed by atoms with van der Waals surface area (Å²) in [6.45, 7) is 7.17. The number of benzene rings is 1. The number of carbonyl (C=O) groups excluding carboxylic acids is 1. The minimum atomic E-state index is -0.319. The van der Waals surface area contributed by atoms with Gasteiger partial charge in [0.1, 0.15) is 11.4 Å². The Hall–Kier alpha value is -3.47. The van der Waals surface area contributed by atoms with E-state index in [0.717, 1.165) is 25.0 Å². The van der Waals surface area contributed by atoms with Crippen LogP contribution in [0.15, 0.2) is 102 Å². The molecular formula is C29H33NO4. The molecule has 3 aliphatic rings. The Bertz CT molecular complexity index is 1080. The van der Waals surface area contributed by atoms with Gasteiger partial charge >= 0.3 is 0 Å². The number of amides is 1. The van der Waals surface area contributed by atoms with Gasteiger partial charge in [-0.25, -0.2) is 0 Å². The predicted octanol–water partition coefficient (Wildman–Crippen LogP) is 5.87. The number of aliphatic hydroxyl groups excluding tert-OH is 1. The van der Waals surface area contributed by atoms with Gasteiger partial charge in [-0.15, -0.1) is 0 Å². The van der Waals surface area contributed by atoms with E-state index in [9.17, 15) is 9.90 Å². The molecule has 5 heteroatoms. The number of nitrogens with zero attached hydrogens (tertiary/aromatic N) is 1. The zero-order valence-corrected chi connectivity index (χ0v) is 20.0. The number of piperidine rings is 1. The van der Waals surface area contributed by atoms with Crippen molar-refractivity contribution in [3.05, 3.63) is 107 Å². The van der Waals surface area contributed by atoms with Crippen LogP contribution in [-0.4, -0.2) is 41.7 Å².